The van der Waals surface area contributed by atoms with Gasteiger partial charge in [0.15, 0.2) is 0 Å². The van der Waals surface area contributed by atoms with E-state index in [0.717, 1.165) is 12.8 Å². The first-order chi connectivity index (χ1) is 8.53. The van der Waals surface area contributed by atoms with E-state index in [1.165, 1.54) is 19.2 Å². The van der Waals surface area contributed by atoms with E-state index in [-0.39, 0.29) is 5.56 Å². The molecule has 0 spiro atoms. The van der Waals surface area contributed by atoms with E-state index in [2.05, 4.69) is 15.9 Å². The second-order valence-corrected chi connectivity index (χ2v) is 5.39. The van der Waals surface area contributed by atoms with Gasteiger partial charge in [0.1, 0.15) is 11.6 Å². The third-order valence-corrected chi connectivity index (χ3v) is 4.23. The van der Waals surface area contributed by atoms with E-state index in [1.807, 2.05) is 0 Å². The predicted molar refractivity (Wildman–Crippen MR) is 68.4 cm³/mol. The summed E-state index contributed by atoms with van der Waals surface area (Å²) >= 11 is 3.28. The number of carboxylic acids is 1. The molecule has 0 unspecified atom stereocenters. The largest absolute Gasteiger partial charge is 0.495 e. The highest BCUT2D eigenvalue weighted by atomic mass is 79.9. The van der Waals surface area contributed by atoms with Crippen LogP contribution in [0.25, 0.3) is 0 Å². The topological polar surface area (TPSA) is 46.5 Å². The Morgan fingerprint density at radius 3 is 2.56 bits per heavy atom. The zero-order chi connectivity index (χ0) is 13.3. The van der Waals surface area contributed by atoms with Crippen LogP contribution >= 0.6 is 15.9 Å². The van der Waals surface area contributed by atoms with Gasteiger partial charge in [-0.25, -0.2) is 4.39 Å². The average Bonchev–Trinajstić information content (AvgIpc) is 2.82. The minimum atomic E-state index is -1.15. The Kier molecular flexibility index (Phi) is 3.61. The van der Waals surface area contributed by atoms with Crippen LogP contribution in [0, 0.1) is 5.82 Å². The first-order valence-corrected chi connectivity index (χ1v) is 6.58. The molecule has 1 saturated carbocycles. The van der Waals surface area contributed by atoms with Crippen LogP contribution in [0.15, 0.2) is 16.6 Å². The monoisotopic (exact) mass is 316 g/mol. The Morgan fingerprint density at radius 2 is 2.06 bits per heavy atom. The molecule has 1 aromatic carbocycles. The molecule has 0 amide bonds. The maximum absolute atomic E-state index is 14.1. The molecular formula is C13H14BrFO3. The van der Waals surface area contributed by atoms with Gasteiger partial charge < -0.3 is 9.84 Å². The molecule has 0 atom stereocenters. The molecule has 18 heavy (non-hydrogen) atoms. The SMILES string of the molecule is COc1c(Br)ccc(F)c1C1(C(=O)O)CCCC1. The van der Waals surface area contributed by atoms with E-state index >= 15 is 0 Å². The van der Waals surface area contributed by atoms with Crippen molar-refractivity contribution in [1.29, 1.82) is 0 Å². The number of hydrogen-bond acceptors (Lipinski definition) is 2. The molecule has 98 valence electrons. The lowest BCUT2D eigenvalue weighted by Crippen LogP contribution is -2.34. The maximum Gasteiger partial charge on any atom is 0.314 e. The Balaban J connectivity index is 2.68. The smallest absolute Gasteiger partial charge is 0.314 e. The Bertz CT molecular complexity index is 481. The van der Waals surface area contributed by atoms with Gasteiger partial charge in [-0.1, -0.05) is 12.8 Å². The van der Waals surface area contributed by atoms with E-state index < -0.39 is 17.2 Å². The normalized spacial score (nSPS) is 17.7. The first kappa shape index (κ1) is 13.3. The van der Waals surface area contributed by atoms with Gasteiger partial charge in [0, 0.05) is 5.56 Å². The fourth-order valence-electron chi connectivity index (χ4n) is 2.73. The van der Waals surface area contributed by atoms with Crippen molar-refractivity contribution < 1.29 is 19.0 Å². The third kappa shape index (κ3) is 1.90. The second kappa shape index (κ2) is 4.88. The van der Waals surface area contributed by atoms with Crippen molar-refractivity contribution in [2.45, 2.75) is 31.1 Å². The molecule has 0 radical (unpaired) electrons. The number of rotatable bonds is 3. The highest BCUT2D eigenvalue weighted by Crippen LogP contribution is 2.48. The van der Waals surface area contributed by atoms with E-state index in [0.29, 0.717) is 23.1 Å². The van der Waals surface area contributed by atoms with Crippen LogP contribution in [0.5, 0.6) is 5.75 Å². The van der Waals surface area contributed by atoms with Crippen molar-refractivity contribution >= 4 is 21.9 Å². The fourth-order valence-corrected chi connectivity index (χ4v) is 3.22. The Hall–Kier alpha value is -1.10. The van der Waals surface area contributed by atoms with Gasteiger partial charge >= 0.3 is 5.97 Å². The van der Waals surface area contributed by atoms with Crippen LogP contribution in [-0.2, 0) is 10.2 Å². The molecule has 0 bridgehead atoms. The standard InChI is InChI=1S/C13H14BrFO3/c1-18-11-8(14)4-5-9(15)10(11)13(12(16)17)6-2-3-7-13/h4-5H,2-3,6-7H2,1H3,(H,16,17). The summed E-state index contributed by atoms with van der Waals surface area (Å²) in [7, 11) is 1.42. The highest BCUT2D eigenvalue weighted by Gasteiger charge is 2.47. The first-order valence-electron chi connectivity index (χ1n) is 5.79. The number of benzene rings is 1. The number of aliphatic carboxylic acids is 1. The molecule has 0 saturated heterocycles. The molecule has 1 fully saturated rings. The molecule has 0 aromatic heterocycles. The van der Waals surface area contributed by atoms with Crippen LogP contribution in [0.2, 0.25) is 0 Å². The number of ether oxygens (including phenoxy) is 1. The molecule has 5 heteroatoms. The van der Waals surface area contributed by atoms with Crippen molar-refractivity contribution in [3.8, 4) is 5.75 Å². The quantitative estimate of drug-likeness (QED) is 0.928. The molecule has 1 aliphatic carbocycles. The van der Waals surface area contributed by atoms with Crippen LogP contribution in [0.1, 0.15) is 31.2 Å². The molecular weight excluding hydrogens is 303 g/mol. The van der Waals surface area contributed by atoms with Crippen molar-refractivity contribution in [2.75, 3.05) is 7.11 Å². The number of halogens is 2. The maximum atomic E-state index is 14.1. The summed E-state index contributed by atoms with van der Waals surface area (Å²) in [5, 5.41) is 9.51. The second-order valence-electron chi connectivity index (χ2n) is 4.53. The molecule has 0 aliphatic heterocycles. The average molecular weight is 317 g/mol. The molecule has 3 nitrogen and oxygen atoms in total. The lowest BCUT2D eigenvalue weighted by molar-refractivity contribution is -0.143. The van der Waals surface area contributed by atoms with E-state index in [9.17, 15) is 14.3 Å². The Labute approximate surface area is 113 Å². The van der Waals surface area contributed by atoms with Gasteiger partial charge in [-0.3, -0.25) is 4.79 Å². The zero-order valence-electron chi connectivity index (χ0n) is 10.0. The Morgan fingerprint density at radius 1 is 1.44 bits per heavy atom. The fraction of sp³-hybridized carbons (Fsp3) is 0.462. The molecule has 2 rings (SSSR count). The van der Waals surface area contributed by atoms with Gasteiger partial charge in [0.2, 0.25) is 0 Å². The van der Waals surface area contributed by atoms with Gasteiger partial charge in [-0.2, -0.15) is 0 Å². The molecule has 1 aliphatic rings. The lowest BCUT2D eigenvalue weighted by atomic mass is 9.78. The molecule has 1 aromatic rings. The molecule has 0 heterocycles. The van der Waals surface area contributed by atoms with Crippen molar-refractivity contribution in [3.05, 3.63) is 28.0 Å². The molecule has 1 N–H and O–H groups in total. The minimum absolute atomic E-state index is 0.171. The summed E-state index contributed by atoms with van der Waals surface area (Å²) in [6.07, 6.45) is 2.49. The number of methoxy groups -OCH3 is 1. The minimum Gasteiger partial charge on any atom is -0.495 e. The number of carbonyl (C=O) groups is 1. The van der Waals surface area contributed by atoms with Crippen LogP contribution in [0.3, 0.4) is 0 Å². The van der Waals surface area contributed by atoms with Crippen LogP contribution < -0.4 is 4.74 Å². The third-order valence-electron chi connectivity index (χ3n) is 3.61. The number of carboxylic acid groups (broad SMARTS) is 1. The van der Waals surface area contributed by atoms with Gasteiger partial charge in [-0.15, -0.1) is 0 Å². The van der Waals surface area contributed by atoms with E-state index in [4.69, 9.17) is 4.74 Å². The van der Waals surface area contributed by atoms with Crippen molar-refractivity contribution in [3.63, 3.8) is 0 Å². The zero-order valence-corrected chi connectivity index (χ0v) is 11.6. The number of hydrogen-bond donors (Lipinski definition) is 1. The summed E-state index contributed by atoms with van der Waals surface area (Å²) in [4.78, 5) is 11.6. The van der Waals surface area contributed by atoms with E-state index in [1.54, 1.807) is 0 Å². The summed E-state index contributed by atoms with van der Waals surface area (Å²) in [5.74, 6) is -1.20. The highest BCUT2D eigenvalue weighted by molar-refractivity contribution is 9.10. The van der Waals surface area contributed by atoms with Gasteiger partial charge in [-0.05, 0) is 40.9 Å². The van der Waals surface area contributed by atoms with Gasteiger partial charge in [0.05, 0.1) is 17.0 Å². The van der Waals surface area contributed by atoms with Crippen LogP contribution in [-0.4, -0.2) is 18.2 Å². The summed E-state index contributed by atoms with van der Waals surface area (Å²) in [6, 6.07) is 2.81. The summed E-state index contributed by atoms with van der Waals surface area (Å²) < 4.78 is 19.9. The van der Waals surface area contributed by atoms with Crippen molar-refractivity contribution in [1.82, 2.24) is 0 Å². The summed E-state index contributed by atoms with van der Waals surface area (Å²) in [5.41, 5.74) is -0.983. The predicted octanol–water partition coefficient (Wildman–Crippen LogP) is 3.49. The summed E-state index contributed by atoms with van der Waals surface area (Å²) in [6.45, 7) is 0. The lowest BCUT2D eigenvalue weighted by Gasteiger charge is -2.27. The van der Waals surface area contributed by atoms with Crippen LogP contribution in [0.4, 0.5) is 4.39 Å². The van der Waals surface area contributed by atoms with Crippen molar-refractivity contribution in [2.24, 2.45) is 0 Å². The van der Waals surface area contributed by atoms with Gasteiger partial charge in [0.25, 0.3) is 0 Å².